The molecule has 1 saturated carbocycles. The lowest BCUT2D eigenvalue weighted by molar-refractivity contribution is -0.140. The zero-order chi connectivity index (χ0) is 15.2. The van der Waals surface area contributed by atoms with Gasteiger partial charge in [0.05, 0.1) is 13.5 Å². The van der Waals surface area contributed by atoms with Crippen LogP contribution in [0.2, 0.25) is 0 Å². The van der Waals surface area contributed by atoms with Crippen LogP contribution in [-0.4, -0.2) is 56.3 Å². The quantitative estimate of drug-likeness (QED) is 0.498. The topological polar surface area (TPSA) is 66.9 Å². The average Bonchev–Trinajstić information content (AvgIpc) is 2.94. The smallest absolute Gasteiger partial charge is 0.306 e. The molecule has 116 valence electrons. The summed E-state index contributed by atoms with van der Waals surface area (Å²) in [5.74, 6) is -0.414. The molecule has 1 aliphatic carbocycles. The lowest BCUT2D eigenvalue weighted by Crippen LogP contribution is -2.47. The first-order chi connectivity index (χ1) is 9.43. The summed E-state index contributed by atoms with van der Waals surface area (Å²) in [6, 6.07) is 0.0403. The predicted molar refractivity (Wildman–Crippen MR) is 77.3 cm³/mol. The Hall–Kier alpha value is -0.920. The third kappa shape index (κ3) is 4.29. The van der Waals surface area contributed by atoms with Crippen molar-refractivity contribution in [2.24, 2.45) is 0 Å². The van der Waals surface area contributed by atoms with Gasteiger partial charge in [-0.15, -0.1) is 6.58 Å². The summed E-state index contributed by atoms with van der Waals surface area (Å²) < 4.78 is 32.4. The van der Waals surface area contributed by atoms with Crippen LogP contribution in [0.1, 0.15) is 32.1 Å². The first kappa shape index (κ1) is 17.1. The van der Waals surface area contributed by atoms with Crippen molar-refractivity contribution in [3.63, 3.8) is 0 Å². The van der Waals surface area contributed by atoms with Crippen molar-refractivity contribution in [2.75, 3.05) is 27.2 Å². The van der Waals surface area contributed by atoms with Crippen LogP contribution in [0.15, 0.2) is 12.7 Å². The first-order valence-corrected chi connectivity index (χ1v) is 8.24. The van der Waals surface area contributed by atoms with Crippen LogP contribution in [0.5, 0.6) is 0 Å². The molecule has 0 unspecified atom stereocenters. The molecule has 0 heterocycles. The van der Waals surface area contributed by atoms with E-state index in [-0.39, 0.29) is 19.0 Å². The minimum atomic E-state index is -3.56. The van der Waals surface area contributed by atoms with Crippen molar-refractivity contribution in [3.05, 3.63) is 12.7 Å². The zero-order valence-electron chi connectivity index (χ0n) is 12.2. The number of carbonyl (C=O) groups is 1. The molecule has 1 rings (SSSR count). The molecule has 6 nitrogen and oxygen atoms in total. The van der Waals surface area contributed by atoms with Crippen LogP contribution in [0.25, 0.3) is 0 Å². The monoisotopic (exact) mass is 304 g/mol. The highest BCUT2D eigenvalue weighted by Crippen LogP contribution is 2.26. The van der Waals surface area contributed by atoms with E-state index in [0.29, 0.717) is 6.54 Å². The van der Waals surface area contributed by atoms with Crippen LogP contribution in [0.4, 0.5) is 0 Å². The molecule has 0 N–H and O–H groups in total. The van der Waals surface area contributed by atoms with Crippen LogP contribution in [0.3, 0.4) is 0 Å². The standard InChI is InChI=1S/C13H24N2O4S/c1-4-10-15(12-7-5-6-8-12)20(17,18)14(2)11-9-13(16)19-3/h4,12H,1,5-11H2,2-3H3. The van der Waals surface area contributed by atoms with E-state index >= 15 is 0 Å². The summed E-state index contributed by atoms with van der Waals surface area (Å²) in [7, 11) is -0.782. The summed E-state index contributed by atoms with van der Waals surface area (Å²) in [5, 5.41) is 0. The summed E-state index contributed by atoms with van der Waals surface area (Å²) in [5.41, 5.74) is 0. The summed E-state index contributed by atoms with van der Waals surface area (Å²) in [6.45, 7) is 4.06. The third-order valence-corrected chi connectivity index (χ3v) is 5.60. The molecule has 0 aromatic rings. The maximum atomic E-state index is 12.6. The Morgan fingerprint density at radius 2 is 2.00 bits per heavy atom. The van der Waals surface area contributed by atoms with Crippen molar-refractivity contribution in [3.8, 4) is 0 Å². The molecule has 0 saturated heterocycles. The number of hydrogen-bond acceptors (Lipinski definition) is 4. The van der Waals surface area contributed by atoms with Gasteiger partial charge in [0.25, 0.3) is 10.2 Å². The van der Waals surface area contributed by atoms with Gasteiger partial charge in [0, 0.05) is 26.2 Å². The van der Waals surface area contributed by atoms with Gasteiger partial charge in [-0.1, -0.05) is 18.9 Å². The molecule has 0 aliphatic heterocycles. The highest BCUT2D eigenvalue weighted by molar-refractivity contribution is 7.86. The fourth-order valence-corrected chi connectivity index (χ4v) is 3.96. The van der Waals surface area contributed by atoms with Gasteiger partial charge in [-0.2, -0.15) is 17.0 Å². The number of ether oxygens (including phenoxy) is 1. The Balaban J connectivity index is 2.75. The lowest BCUT2D eigenvalue weighted by atomic mass is 10.2. The van der Waals surface area contributed by atoms with Gasteiger partial charge in [0.1, 0.15) is 0 Å². The Morgan fingerprint density at radius 3 is 2.50 bits per heavy atom. The predicted octanol–water partition coefficient (Wildman–Crippen LogP) is 1.16. The van der Waals surface area contributed by atoms with E-state index in [0.717, 1.165) is 25.7 Å². The maximum Gasteiger partial charge on any atom is 0.306 e. The molecule has 0 radical (unpaired) electrons. The largest absolute Gasteiger partial charge is 0.469 e. The number of hydrogen-bond donors (Lipinski definition) is 0. The Labute approximate surface area is 121 Å². The fraction of sp³-hybridized carbons (Fsp3) is 0.769. The van der Waals surface area contributed by atoms with Crippen molar-refractivity contribution >= 4 is 16.2 Å². The van der Waals surface area contributed by atoms with Crippen molar-refractivity contribution < 1.29 is 17.9 Å². The molecule has 0 atom stereocenters. The second-order valence-corrected chi connectivity index (χ2v) is 6.94. The van der Waals surface area contributed by atoms with Crippen LogP contribution in [-0.2, 0) is 19.7 Å². The van der Waals surface area contributed by atoms with Gasteiger partial charge in [-0.3, -0.25) is 4.79 Å². The highest BCUT2D eigenvalue weighted by atomic mass is 32.2. The SMILES string of the molecule is C=CCN(C1CCCC1)S(=O)(=O)N(C)CCC(=O)OC. The molecule has 0 bridgehead atoms. The van der Waals surface area contributed by atoms with Crippen molar-refractivity contribution in [1.82, 2.24) is 8.61 Å². The van der Waals surface area contributed by atoms with Gasteiger partial charge in [0.15, 0.2) is 0 Å². The number of methoxy groups -OCH3 is 1. The molecule has 0 amide bonds. The van der Waals surface area contributed by atoms with Gasteiger partial charge in [-0.25, -0.2) is 0 Å². The number of nitrogens with zero attached hydrogens (tertiary/aromatic N) is 2. The lowest BCUT2D eigenvalue weighted by Gasteiger charge is -2.31. The molecule has 0 aromatic heterocycles. The van der Waals surface area contributed by atoms with Gasteiger partial charge in [-0.05, 0) is 12.8 Å². The number of esters is 1. The van der Waals surface area contributed by atoms with Crippen molar-refractivity contribution in [2.45, 2.75) is 38.1 Å². The molecule has 0 spiro atoms. The Bertz CT molecular complexity index is 430. The number of carbonyl (C=O) groups excluding carboxylic acids is 1. The Morgan fingerprint density at radius 1 is 1.40 bits per heavy atom. The van der Waals surface area contributed by atoms with Gasteiger partial charge >= 0.3 is 5.97 Å². The van der Waals surface area contributed by atoms with E-state index < -0.39 is 16.2 Å². The van der Waals surface area contributed by atoms with Crippen LogP contribution < -0.4 is 0 Å². The van der Waals surface area contributed by atoms with E-state index in [2.05, 4.69) is 11.3 Å². The second kappa shape index (κ2) is 7.75. The molecule has 0 aromatic carbocycles. The Kier molecular flexibility index (Phi) is 6.64. The number of rotatable bonds is 8. The van der Waals surface area contributed by atoms with E-state index in [9.17, 15) is 13.2 Å². The minimum Gasteiger partial charge on any atom is -0.469 e. The third-order valence-electron chi connectivity index (χ3n) is 3.59. The van der Waals surface area contributed by atoms with E-state index in [1.807, 2.05) is 0 Å². The molecule has 1 fully saturated rings. The first-order valence-electron chi connectivity index (χ1n) is 6.84. The maximum absolute atomic E-state index is 12.6. The summed E-state index contributed by atoms with van der Waals surface area (Å²) in [6.07, 6.45) is 5.54. The zero-order valence-corrected chi connectivity index (χ0v) is 13.1. The van der Waals surface area contributed by atoms with E-state index in [4.69, 9.17) is 0 Å². The summed E-state index contributed by atoms with van der Waals surface area (Å²) in [4.78, 5) is 11.1. The molecular formula is C13H24N2O4S. The highest BCUT2D eigenvalue weighted by Gasteiger charge is 2.33. The second-order valence-electron chi connectivity index (χ2n) is 4.95. The van der Waals surface area contributed by atoms with E-state index in [1.165, 1.54) is 22.8 Å². The molecule has 20 heavy (non-hydrogen) atoms. The van der Waals surface area contributed by atoms with Gasteiger partial charge in [0.2, 0.25) is 0 Å². The molecule has 7 heteroatoms. The minimum absolute atomic E-state index is 0.0403. The molecule has 1 aliphatic rings. The summed E-state index contributed by atoms with van der Waals surface area (Å²) >= 11 is 0. The van der Waals surface area contributed by atoms with Crippen molar-refractivity contribution in [1.29, 1.82) is 0 Å². The van der Waals surface area contributed by atoms with E-state index in [1.54, 1.807) is 6.08 Å². The van der Waals surface area contributed by atoms with Gasteiger partial charge < -0.3 is 4.74 Å². The normalized spacial score (nSPS) is 16.8. The van der Waals surface area contributed by atoms with Crippen LogP contribution >= 0.6 is 0 Å². The fourth-order valence-electron chi connectivity index (χ4n) is 2.40. The van der Waals surface area contributed by atoms with Crippen LogP contribution in [0, 0.1) is 0 Å². The average molecular weight is 304 g/mol. The molecular weight excluding hydrogens is 280 g/mol.